The Hall–Kier alpha value is -1.79. The first-order chi connectivity index (χ1) is 16.8. The number of ether oxygens (including phenoxy) is 1. The molecule has 0 radical (unpaired) electrons. The van der Waals surface area contributed by atoms with Gasteiger partial charge in [0, 0.05) is 30.8 Å². The van der Waals surface area contributed by atoms with Crippen molar-refractivity contribution in [3.05, 3.63) is 0 Å². The number of rotatable bonds is 21. The van der Waals surface area contributed by atoms with Gasteiger partial charge in [0.25, 0.3) is 0 Å². The molecule has 0 rings (SSSR count). The Kier molecular flexibility index (Phi) is 17.5. The highest BCUT2D eigenvalue weighted by molar-refractivity contribution is 5.81. The van der Waals surface area contributed by atoms with E-state index in [0.29, 0.717) is 25.7 Å². The summed E-state index contributed by atoms with van der Waals surface area (Å²) in [6.45, 7) is 5.64. The number of hydrogen-bond donors (Lipinski definition) is 5. The highest BCUT2D eigenvalue weighted by atomic mass is 16.6. The molecule has 0 aliphatic rings. The van der Waals surface area contributed by atoms with Gasteiger partial charge in [-0.15, -0.1) is 0 Å². The highest BCUT2D eigenvalue weighted by Gasteiger charge is 2.30. The first-order valence-corrected chi connectivity index (χ1v) is 12.8. The van der Waals surface area contributed by atoms with Gasteiger partial charge in [-0.1, -0.05) is 46.5 Å². The molecule has 0 unspecified atom stereocenters. The second-order valence-electron chi connectivity index (χ2n) is 9.94. The van der Waals surface area contributed by atoms with Gasteiger partial charge in [0.15, 0.2) is 0 Å². The van der Waals surface area contributed by atoms with E-state index < -0.39 is 67.2 Å². The fraction of sp³-hybridized carbons (Fsp3) is 0.880. The molecule has 36 heavy (non-hydrogen) atoms. The number of unbranched alkanes of at least 4 members (excludes halogenated alkanes) is 2. The summed E-state index contributed by atoms with van der Waals surface area (Å²) >= 11 is 0. The zero-order chi connectivity index (χ0) is 27.8. The molecule has 0 bridgehead atoms. The molecule has 0 saturated carbocycles. The van der Waals surface area contributed by atoms with E-state index in [1.54, 1.807) is 6.92 Å². The van der Waals surface area contributed by atoms with Gasteiger partial charge in [-0.25, -0.2) is 0 Å². The summed E-state index contributed by atoms with van der Waals surface area (Å²) in [5, 5.41) is 61.9. The largest absolute Gasteiger partial charge is 0.550 e. The molecule has 0 amide bonds. The van der Waals surface area contributed by atoms with Gasteiger partial charge in [0.05, 0.1) is 30.8 Å². The Balaban J connectivity index is 4.60. The molecule has 0 aliphatic heterocycles. The van der Waals surface area contributed by atoms with Crippen LogP contribution >= 0.6 is 0 Å². The van der Waals surface area contributed by atoms with Gasteiger partial charge in [0.2, 0.25) is 0 Å². The second-order valence-corrected chi connectivity index (χ2v) is 9.94. The molecule has 11 heteroatoms. The number of nitrogens with two attached hydrogens (primary N) is 1. The van der Waals surface area contributed by atoms with Crippen molar-refractivity contribution >= 4 is 17.9 Å². The normalized spacial score (nSPS) is 18.3. The fourth-order valence-electron chi connectivity index (χ4n) is 4.06. The number of aliphatic hydroxyl groups is 4. The molecular weight excluding hydrogens is 474 g/mol. The van der Waals surface area contributed by atoms with Gasteiger partial charge in [-0.3, -0.25) is 4.79 Å². The summed E-state index contributed by atoms with van der Waals surface area (Å²) in [7, 11) is 0. The van der Waals surface area contributed by atoms with Gasteiger partial charge >= 0.3 is 5.97 Å². The maximum atomic E-state index is 12.3. The zero-order valence-corrected chi connectivity index (χ0v) is 21.7. The lowest BCUT2D eigenvalue weighted by atomic mass is 9.89. The van der Waals surface area contributed by atoms with Crippen molar-refractivity contribution in [1.82, 2.24) is 0 Å². The summed E-state index contributed by atoms with van der Waals surface area (Å²) < 4.78 is 5.38. The highest BCUT2D eigenvalue weighted by Crippen LogP contribution is 2.24. The van der Waals surface area contributed by atoms with Crippen LogP contribution in [0.15, 0.2) is 0 Å². The number of aliphatic carboxylic acids is 2. The number of carboxylic acids is 2. The van der Waals surface area contributed by atoms with Crippen LogP contribution in [0.3, 0.4) is 0 Å². The van der Waals surface area contributed by atoms with Crippen molar-refractivity contribution in [3.63, 3.8) is 0 Å². The molecule has 0 aromatic heterocycles. The van der Waals surface area contributed by atoms with Crippen LogP contribution in [0.25, 0.3) is 0 Å². The molecule has 0 aliphatic carbocycles. The summed E-state index contributed by atoms with van der Waals surface area (Å²) in [5.74, 6) is -5.89. The van der Waals surface area contributed by atoms with Crippen LogP contribution in [-0.2, 0) is 19.1 Å². The van der Waals surface area contributed by atoms with E-state index in [4.69, 9.17) is 10.5 Å². The SMILES string of the molecule is CC[C@@H](C)[C@@H](OC(=O)C[C@@H](CC(=O)[O-])C(=O)[O-])[C@@H](O)C[C@@H](C)CCCCC[C@@H](O)[C@@H](O)C[C@H](O)CN. The number of carbonyl (C=O) groups excluding carboxylic acids is 3. The minimum Gasteiger partial charge on any atom is -0.550 e. The Bertz CT molecular complexity index is 646. The number of carbonyl (C=O) groups is 3. The summed E-state index contributed by atoms with van der Waals surface area (Å²) in [6, 6.07) is 0. The van der Waals surface area contributed by atoms with Crippen LogP contribution in [0.5, 0.6) is 0 Å². The van der Waals surface area contributed by atoms with E-state index in [2.05, 4.69) is 0 Å². The minimum atomic E-state index is -1.68. The van der Waals surface area contributed by atoms with Gasteiger partial charge in [-0.05, 0) is 37.5 Å². The molecule has 0 saturated heterocycles. The van der Waals surface area contributed by atoms with E-state index >= 15 is 0 Å². The van der Waals surface area contributed by atoms with Crippen molar-refractivity contribution in [2.75, 3.05) is 6.54 Å². The number of esters is 1. The first kappa shape index (κ1) is 34.2. The van der Waals surface area contributed by atoms with Crippen LogP contribution in [0.4, 0.5) is 0 Å². The van der Waals surface area contributed by atoms with Crippen molar-refractivity contribution in [2.45, 2.75) is 115 Å². The predicted molar refractivity (Wildman–Crippen MR) is 127 cm³/mol. The maximum Gasteiger partial charge on any atom is 0.306 e. The van der Waals surface area contributed by atoms with E-state index in [0.717, 1.165) is 19.3 Å². The molecule has 0 fully saturated rings. The average Bonchev–Trinajstić information content (AvgIpc) is 2.80. The van der Waals surface area contributed by atoms with Gasteiger partial charge in [0.1, 0.15) is 6.10 Å². The molecule has 0 aromatic carbocycles. The Morgan fingerprint density at radius 3 is 2.00 bits per heavy atom. The second kappa shape index (κ2) is 18.5. The molecule has 0 aromatic rings. The first-order valence-electron chi connectivity index (χ1n) is 12.8. The number of hydrogen-bond acceptors (Lipinski definition) is 11. The third-order valence-electron chi connectivity index (χ3n) is 6.58. The number of carboxylic acid groups (broad SMARTS) is 2. The molecule has 6 N–H and O–H groups in total. The molecule has 11 nitrogen and oxygen atoms in total. The monoisotopic (exact) mass is 519 g/mol. The topological polar surface area (TPSA) is 214 Å². The van der Waals surface area contributed by atoms with E-state index in [1.807, 2.05) is 13.8 Å². The van der Waals surface area contributed by atoms with Crippen molar-refractivity contribution in [2.24, 2.45) is 23.5 Å². The van der Waals surface area contributed by atoms with Crippen molar-refractivity contribution < 1.29 is 49.8 Å². The van der Waals surface area contributed by atoms with E-state index in [-0.39, 0.29) is 24.8 Å². The Labute approximate surface area is 213 Å². The van der Waals surface area contributed by atoms with Crippen LogP contribution in [0.1, 0.15) is 85.0 Å². The number of aliphatic hydroxyl groups excluding tert-OH is 4. The zero-order valence-electron chi connectivity index (χ0n) is 21.7. The van der Waals surface area contributed by atoms with Crippen LogP contribution in [0, 0.1) is 17.8 Å². The predicted octanol–water partition coefficient (Wildman–Crippen LogP) is -1.39. The van der Waals surface area contributed by atoms with E-state index in [1.165, 1.54) is 0 Å². The molecule has 212 valence electrons. The standard InChI is InChI=1S/C25H47NO10/c1-4-16(3)24(36-23(33)12-17(25(34)35)11-22(31)32)21(30)10-15(2)8-6-5-7-9-19(28)20(29)13-18(27)14-26/h15-21,24,27-30H,4-14,26H2,1-3H3,(H,31,32)(H,34,35)/p-2/t15-,16+,17+,18-,19+,20-,21-,24+/m0/s1. The third kappa shape index (κ3) is 14.7. The summed E-state index contributed by atoms with van der Waals surface area (Å²) in [5.41, 5.74) is 5.30. The Morgan fingerprint density at radius 2 is 1.47 bits per heavy atom. The van der Waals surface area contributed by atoms with Gasteiger partial charge in [-0.2, -0.15) is 0 Å². The van der Waals surface area contributed by atoms with Crippen LogP contribution in [-0.4, -0.2) is 75.4 Å². The lowest BCUT2D eigenvalue weighted by Crippen LogP contribution is -2.40. The van der Waals surface area contributed by atoms with Crippen LogP contribution < -0.4 is 15.9 Å². The van der Waals surface area contributed by atoms with Gasteiger partial charge < -0.3 is 50.7 Å². The van der Waals surface area contributed by atoms with Crippen molar-refractivity contribution in [3.8, 4) is 0 Å². The van der Waals surface area contributed by atoms with E-state index in [9.17, 15) is 45.0 Å². The summed E-state index contributed by atoms with van der Waals surface area (Å²) in [4.78, 5) is 34.1. The average molecular weight is 520 g/mol. The third-order valence-corrected chi connectivity index (χ3v) is 6.58. The molecule has 8 atom stereocenters. The molecular formula is C25H45NO10-2. The lowest BCUT2D eigenvalue weighted by Gasteiger charge is -2.30. The fourth-order valence-corrected chi connectivity index (χ4v) is 4.06. The molecule has 0 spiro atoms. The Morgan fingerprint density at radius 1 is 0.861 bits per heavy atom. The lowest BCUT2D eigenvalue weighted by molar-refractivity contribution is -0.320. The van der Waals surface area contributed by atoms with Crippen LogP contribution in [0.2, 0.25) is 0 Å². The minimum absolute atomic E-state index is 0.0212. The maximum absolute atomic E-state index is 12.3. The molecule has 0 heterocycles. The van der Waals surface area contributed by atoms with Crippen molar-refractivity contribution in [1.29, 1.82) is 0 Å². The smallest absolute Gasteiger partial charge is 0.306 e. The summed E-state index contributed by atoms with van der Waals surface area (Å²) in [6.07, 6.45) is -1.73. The quantitative estimate of drug-likeness (QED) is 0.0879.